The number of fused-ring (bicyclic) bond motifs is 2. The first-order chi connectivity index (χ1) is 13.0. The molecule has 4 atom stereocenters. The summed E-state index contributed by atoms with van der Waals surface area (Å²) in [4.78, 5) is 0. The minimum absolute atomic E-state index is 0.295. The number of unbranched alkanes of at least 4 members (excludes halogenated alkanes) is 10. The molecule has 0 amide bonds. The standard InChI is InChI=1S/C26H51P/c1-6-8-10-12-14-16-18-27(19-17-15-13-11-9-7-2)25-21-23-20-24(22(25)3)26(23,4)5/h22-25H,6-21H2,1-5H3. The molecular formula is C26H51P. The SMILES string of the molecule is CCCCCCCCP(CCCCCCCC)C1CC2CC(C1C)C2(C)C. The van der Waals surface area contributed by atoms with E-state index in [-0.39, 0.29) is 0 Å². The largest absolute Gasteiger partial charge is 0.103 e. The van der Waals surface area contributed by atoms with E-state index in [0.29, 0.717) is 13.3 Å². The van der Waals surface area contributed by atoms with Crippen LogP contribution in [-0.4, -0.2) is 18.0 Å². The molecule has 2 bridgehead atoms. The van der Waals surface area contributed by atoms with Crippen LogP contribution in [0, 0.1) is 23.2 Å². The smallest absolute Gasteiger partial charge is 0.0178 e. The second-order valence-electron chi connectivity index (χ2n) is 10.6. The molecule has 0 aromatic rings. The number of hydrogen-bond acceptors (Lipinski definition) is 0. The van der Waals surface area contributed by atoms with Crippen LogP contribution in [0.3, 0.4) is 0 Å². The van der Waals surface area contributed by atoms with E-state index in [0.717, 1.165) is 23.4 Å². The lowest BCUT2D eigenvalue weighted by molar-refractivity contribution is -0.0960. The molecule has 0 N–H and O–H groups in total. The third-order valence-electron chi connectivity index (χ3n) is 8.38. The van der Waals surface area contributed by atoms with Crippen molar-refractivity contribution in [3.05, 3.63) is 0 Å². The van der Waals surface area contributed by atoms with E-state index >= 15 is 0 Å². The molecule has 3 aliphatic carbocycles. The van der Waals surface area contributed by atoms with Gasteiger partial charge >= 0.3 is 0 Å². The summed E-state index contributed by atoms with van der Waals surface area (Å²) in [5.41, 5.74) is 1.78. The van der Waals surface area contributed by atoms with Gasteiger partial charge in [-0.15, -0.1) is 7.92 Å². The molecular weight excluding hydrogens is 343 g/mol. The van der Waals surface area contributed by atoms with E-state index in [1.54, 1.807) is 25.2 Å². The minimum Gasteiger partial charge on any atom is -0.103 e. The molecule has 0 saturated heterocycles. The first kappa shape index (κ1) is 23.7. The van der Waals surface area contributed by atoms with Crippen molar-refractivity contribution in [2.45, 2.75) is 130 Å². The summed E-state index contributed by atoms with van der Waals surface area (Å²) in [5.74, 6) is 3.11. The normalized spacial score (nSPS) is 29.1. The van der Waals surface area contributed by atoms with Crippen LogP contribution in [0.1, 0.15) is 125 Å². The van der Waals surface area contributed by atoms with Crippen LogP contribution in [0.2, 0.25) is 0 Å². The predicted octanol–water partition coefficient (Wildman–Crippen LogP) is 9.26. The molecule has 0 aliphatic heterocycles. The second-order valence-corrected chi connectivity index (χ2v) is 13.3. The fourth-order valence-corrected chi connectivity index (χ4v) is 9.81. The third-order valence-corrected chi connectivity index (χ3v) is 11.8. The Morgan fingerprint density at radius 2 is 1.19 bits per heavy atom. The highest BCUT2D eigenvalue weighted by Gasteiger charge is 2.56. The van der Waals surface area contributed by atoms with Crippen molar-refractivity contribution in [2.24, 2.45) is 23.2 Å². The first-order valence-corrected chi connectivity index (χ1v) is 14.5. The van der Waals surface area contributed by atoms with Gasteiger partial charge in [-0.3, -0.25) is 0 Å². The lowest BCUT2D eigenvalue weighted by Gasteiger charge is -2.63. The van der Waals surface area contributed by atoms with Crippen molar-refractivity contribution in [2.75, 3.05) is 12.3 Å². The highest BCUT2D eigenvalue weighted by Crippen LogP contribution is 2.67. The van der Waals surface area contributed by atoms with E-state index in [1.165, 1.54) is 77.0 Å². The van der Waals surface area contributed by atoms with E-state index in [4.69, 9.17) is 0 Å². The van der Waals surface area contributed by atoms with Crippen LogP contribution in [0.25, 0.3) is 0 Å². The third kappa shape index (κ3) is 6.73. The molecule has 3 rings (SSSR count). The van der Waals surface area contributed by atoms with Gasteiger partial charge in [0.2, 0.25) is 0 Å². The summed E-state index contributed by atoms with van der Waals surface area (Å²) in [6.07, 6.45) is 24.0. The number of rotatable bonds is 15. The van der Waals surface area contributed by atoms with Crippen LogP contribution in [0.15, 0.2) is 0 Å². The molecule has 3 fully saturated rings. The van der Waals surface area contributed by atoms with Crippen LogP contribution >= 0.6 is 7.92 Å². The van der Waals surface area contributed by atoms with E-state index in [1.807, 2.05) is 0 Å². The zero-order chi connectivity index (χ0) is 19.7. The first-order valence-electron chi connectivity index (χ1n) is 12.8. The van der Waals surface area contributed by atoms with Crippen LogP contribution in [0.4, 0.5) is 0 Å². The second kappa shape index (κ2) is 12.2. The molecule has 0 spiro atoms. The maximum Gasteiger partial charge on any atom is -0.0178 e. The number of hydrogen-bond donors (Lipinski definition) is 0. The van der Waals surface area contributed by atoms with Gasteiger partial charge in [-0.1, -0.05) is 98.8 Å². The average Bonchev–Trinajstić information content (AvgIpc) is 2.65. The molecule has 0 nitrogen and oxygen atoms in total. The monoisotopic (exact) mass is 394 g/mol. The van der Waals surface area contributed by atoms with E-state index < -0.39 is 0 Å². The molecule has 0 radical (unpaired) electrons. The molecule has 160 valence electrons. The van der Waals surface area contributed by atoms with Gasteiger partial charge in [0, 0.05) is 0 Å². The molecule has 0 heterocycles. The summed E-state index contributed by atoms with van der Waals surface area (Å²) >= 11 is 0. The van der Waals surface area contributed by atoms with Gasteiger partial charge in [-0.2, -0.15) is 0 Å². The van der Waals surface area contributed by atoms with Crippen molar-refractivity contribution in [3.63, 3.8) is 0 Å². The van der Waals surface area contributed by atoms with Gasteiger partial charge in [-0.05, 0) is 66.8 Å². The zero-order valence-corrected chi connectivity index (χ0v) is 20.5. The summed E-state index contributed by atoms with van der Waals surface area (Å²) in [6.45, 7) is 12.4. The predicted molar refractivity (Wildman–Crippen MR) is 126 cm³/mol. The van der Waals surface area contributed by atoms with Gasteiger partial charge in [-0.25, -0.2) is 0 Å². The summed E-state index contributed by atoms with van der Waals surface area (Å²) in [7, 11) is 0.295. The molecule has 4 unspecified atom stereocenters. The van der Waals surface area contributed by atoms with Gasteiger partial charge in [0.25, 0.3) is 0 Å². The summed E-state index contributed by atoms with van der Waals surface area (Å²) < 4.78 is 0. The van der Waals surface area contributed by atoms with Crippen molar-refractivity contribution in [1.82, 2.24) is 0 Å². The summed E-state index contributed by atoms with van der Waals surface area (Å²) in [5, 5.41) is 0. The summed E-state index contributed by atoms with van der Waals surface area (Å²) in [6, 6.07) is 0. The lowest BCUT2D eigenvalue weighted by Crippen LogP contribution is -2.56. The Morgan fingerprint density at radius 3 is 1.63 bits per heavy atom. The van der Waals surface area contributed by atoms with Crippen molar-refractivity contribution < 1.29 is 0 Å². The Kier molecular flexibility index (Phi) is 10.7. The topological polar surface area (TPSA) is 0 Å². The highest BCUT2D eigenvalue weighted by atomic mass is 31.1. The Morgan fingerprint density at radius 1 is 0.704 bits per heavy atom. The van der Waals surface area contributed by atoms with Crippen molar-refractivity contribution in [3.8, 4) is 0 Å². The Bertz CT molecular complexity index is 372. The van der Waals surface area contributed by atoms with Gasteiger partial charge < -0.3 is 0 Å². The Labute approximate surface area is 173 Å². The molecule has 3 aliphatic rings. The van der Waals surface area contributed by atoms with E-state index in [9.17, 15) is 0 Å². The fourth-order valence-electron chi connectivity index (χ4n) is 6.24. The average molecular weight is 395 g/mol. The highest BCUT2D eigenvalue weighted by molar-refractivity contribution is 7.58. The van der Waals surface area contributed by atoms with Crippen LogP contribution in [-0.2, 0) is 0 Å². The van der Waals surface area contributed by atoms with Crippen LogP contribution in [0.5, 0.6) is 0 Å². The Hall–Kier alpha value is 0.430. The van der Waals surface area contributed by atoms with Crippen molar-refractivity contribution in [1.29, 1.82) is 0 Å². The molecule has 1 heteroatoms. The van der Waals surface area contributed by atoms with Gasteiger partial charge in [0.15, 0.2) is 0 Å². The molecule has 0 aromatic heterocycles. The lowest BCUT2D eigenvalue weighted by atomic mass is 9.46. The molecule has 0 aromatic carbocycles. The molecule has 3 saturated carbocycles. The van der Waals surface area contributed by atoms with Gasteiger partial charge in [0.1, 0.15) is 0 Å². The minimum atomic E-state index is 0.295. The maximum absolute atomic E-state index is 2.64. The maximum atomic E-state index is 2.64. The molecule has 27 heavy (non-hydrogen) atoms. The fraction of sp³-hybridized carbons (Fsp3) is 1.00. The van der Waals surface area contributed by atoms with E-state index in [2.05, 4.69) is 34.6 Å². The zero-order valence-electron chi connectivity index (χ0n) is 19.6. The van der Waals surface area contributed by atoms with Crippen LogP contribution < -0.4 is 0 Å². The quantitative estimate of drug-likeness (QED) is 0.192. The van der Waals surface area contributed by atoms with Crippen molar-refractivity contribution >= 4 is 7.92 Å². The Balaban J connectivity index is 1.78. The van der Waals surface area contributed by atoms with Gasteiger partial charge in [0.05, 0.1) is 0 Å².